The molecule has 0 aliphatic carbocycles. The SMILES string of the molecule is COC(=O)c1cc(N2CCOCC2CO)c(F)cc1[N+](=O)[O-]. The van der Waals surface area contributed by atoms with E-state index in [-0.39, 0.29) is 24.5 Å². The third kappa shape index (κ3) is 3.00. The van der Waals surface area contributed by atoms with E-state index in [0.29, 0.717) is 19.2 Å². The Kier molecular flexibility index (Phi) is 4.88. The van der Waals surface area contributed by atoms with Gasteiger partial charge >= 0.3 is 5.97 Å². The van der Waals surface area contributed by atoms with Gasteiger partial charge in [0.1, 0.15) is 5.56 Å². The molecule has 1 unspecified atom stereocenters. The van der Waals surface area contributed by atoms with Crippen molar-refractivity contribution >= 4 is 17.3 Å². The van der Waals surface area contributed by atoms with E-state index in [9.17, 15) is 24.4 Å². The number of halogens is 1. The molecule has 1 aliphatic rings. The fraction of sp³-hybridized carbons (Fsp3) is 0.462. The summed E-state index contributed by atoms with van der Waals surface area (Å²) in [5.74, 6) is -1.78. The molecule has 1 aromatic rings. The van der Waals surface area contributed by atoms with Gasteiger partial charge in [0.05, 0.1) is 49.6 Å². The maximum absolute atomic E-state index is 14.2. The summed E-state index contributed by atoms with van der Waals surface area (Å²) in [6.07, 6.45) is 0. The molecule has 0 amide bonds. The number of hydrogen-bond acceptors (Lipinski definition) is 7. The van der Waals surface area contributed by atoms with E-state index < -0.39 is 28.4 Å². The molecule has 1 saturated heterocycles. The minimum atomic E-state index is -0.929. The lowest BCUT2D eigenvalue weighted by molar-refractivity contribution is -0.385. The molecule has 0 radical (unpaired) electrons. The number of nitro groups is 1. The summed E-state index contributed by atoms with van der Waals surface area (Å²) in [5, 5.41) is 20.3. The Hall–Kier alpha value is -2.26. The first kappa shape index (κ1) is 16.1. The molecule has 2 rings (SSSR count). The number of esters is 1. The highest BCUT2D eigenvalue weighted by Crippen LogP contribution is 2.31. The number of aliphatic hydroxyl groups excluding tert-OH is 1. The van der Waals surface area contributed by atoms with Gasteiger partial charge in [-0.25, -0.2) is 9.18 Å². The molecule has 1 aromatic carbocycles. The number of benzene rings is 1. The average Bonchev–Trinajstić information content (AvgIpc) is 2.53. The molecule has 120 valence electrons. The molecule has 0 saturated carbocycles. The maximum Gasteiger partial charge on any atom is 0.344 e. The first-order valence-electron chi connectivity index (χ1n) is 6.51. The number of aliphatic hydroxyl groups is 1. The van der Waals surface area contributed by atoms with Gasteiger partial charge in [-0.2, -0.15) is 0 Å². The fourth-order valence-electron chi connectivity index (χ4n) is 2.32. The van der Waals surface area contributed by atoms with Crippen LogP contribution in [0.1, 0.15) is 10.4 Å². The van der Waals surface area contributed by atoms with Gasteiger partial charge in [-0.05, 0) is 6.07 Å². The lowest BCUT2D eigenvalue weighted by atomic mass is 10.1. The highest BCUT2D eigenvalue weighted by atomic mass is 19.1. The van der Waals surface area contributed by atoms with E-state index >= 15 is 0 Å². The topological polar surface area (TPSA) is 102 Å². The summed E-state index contributed by atoms with van der Waals surface area (Å²) < 4.78 is 23.9. The standard InChI is InChI=1S/C13H15FN2O6/c1-21-13(18)9-4-12(10(14)5-11(9)16(19)20)15-2-3-22-7-8(15)6-17/h4-5,8,17H,2-3,6-7H2,1H3. The monoisotopic (exact) mass is 314 g/mol. The Labute approximate surface area is 125 Å². The van der Waals surface area contributed by atoms with Gasteiger partial charge in [0.25, 0.3) is 5.69 Å². The van der Waals surface area contributed by atoms with Crippen molar-refractivity contribution < 1.29 is 28.7 Å². The van der Waals surface area contributed by atoms with Crippen molar-refractivity contribution in [3.05, 3.63) is 33.6 Å². The third-order valence-corrected chi connectivity index (χ3v) is 3.41. The minimum absolute atomic E-state index is 0.00616. The second kappa shape index (κ2) is 6.67. The van der Waals surface area contributed by atoms with Crippen LogP contribution >= 0.6 is 0 Å². The van der Waals surface area contributed by atoms with Crippen molar-refractivity contribution in [1.82, 2.24) is 0 Å². The third-order valence-electron chi connectivity index (χ3n) is 3.41. The Morgan fingerprint density at radius 3 is 2.95 bits per heavy atom. The molecule has 1 atom stereocenters. The van der Waals surface area contributed by atoms with E-state index in [4.69, 9.17) is 4.74 Å². The molecular weight excluding hydrogens is 299 g/mol. The van der Waals surface area contributed by atoms with Crippen molar-refractivity contribution in [2.75, 3.05) is 38.4 Å². The second-order valence-electron chi connectivity index (χ2n) is 4.67. The van der Waals surface area contributed by atoms with Crippen molar-refractivity contribution in [2.24, 2.45) is 0 Å². The lowest BCUT2D eigenvalue weighted by Crippen LogP contribution is -2.48. The van der Waals surface area contributed by atoms with Crippen molar-refractivity contribution in [2.45, 2.75) is 6.04 Å². The van der Waals surface area contributed by atoms with Crippen LogP contribution < -0.4 is 4.90 Å². The molecule has 9 heteroatoms. The molecule has 8 nitrogen and oxygen atoms in total. The van der Waals surface area contributed by atoms with Crippen LogP contribution in [-0.4, -0.2) is 55.5 Å². The minimum Gasteiger partial charge on any atom is -0.465 e. The summed E-state index contributed by atoms with van der Waals surface area (Å²) in [4.78, 5) is 23.3. The molecule has 1 N–H and O–H groups in total. The molecule has 22 heavy (non-hydrogen) atoms. The summed E-state index contributed by atoms with van der Waals surface area (Å²) in [5.41, 5.74) is -1.01. The van der Waals surface area contributed by atoms with Crippen molar-refractivity contribution in [3.8, 4) is 0 Å². The molecule has 0 spiro atoms. The van der Waals surface area contributed by atoms with Gasteiger partial charge in [0, 0.05) is 6.54 Å². The van der Waals surface area contributed by atoms with Crippen molar-refractivity contribution in [3.63, 3.8) is 0 Å². The van der Waals surface area contributed by atoms with E-state index in [1.54, 1.807) is 0 Å². The normalized spacial score (nSPS) is 18.1. The van der Waals surface area contributed by atoms with Gasteiger partial charge in [0.15, 0.2) is 5.82 Å². The summed E-state index contributed by atoms with van der Waals surface area (Å²) in [6.45, 7) is 0.533. The van der Waals surface area contributed by atoms with Crippen LogP contribution in [-0.2, 0) is 9.47 Å². The number of ether oxygens (including phenoxy) is 2. The highest BCUT2D eigenvalue weighted by Gasteiger charge is 2.30. The molecular formula is C13H15FN2O6. The molecule has 1 heterocycles. The maximum atomic E-state index is 14.2. The molecule has 0 aromatic heterocycles. The van der Waals surface area contributed by atoms with Gasteiger partial charge in [-0.3, -0.25) is 10.1 Å². The highest BCUT2D eigenvalue weighted by molar-refractivity contribution is 5.95. The number of methoxy groups -OCH3 is 1. The summed E-state index contributed by atoms with van der Waals surface area (Å²) >= 11 is 0. The van der Waals surface area contributed by atoms with E-state index in [0.717, 1.165) is 13.2 Å². The Balaban J connectivity index is 2.52. The Bertz CT molecular complexity index is 594. The van der Waals surface area contributed by atoms with Crippen LogP contribution in [0.25, 0.3) is 0 Å². The molecule has 1 fully saturated rings. The predicted octanol–water partition coefficient (Wildman–Crippen LogP) is 0.718. The Morgan fingerprint density at radius 2 is 2.36 bits per heavy atom. The van der Waals surface area contributed by atoms with Crippen LogP contribution in [0.2, 0.25) is 0 Å². The number of anilines is 1. The van der Waals surface area contributed by atoms with Gasteiger partial charge < -0.3 is 19.5 Å². The number of carbonyl (C=O) groups is 1. The first-order valence-corrected chi connectivity index (χ1v) is 6.51. The molecule has 0 bridgehead atoms. The number of carbonyl (C=O) groups excluding carboxylic acids is 1. The van der Waals surface area contributed by atoms with E-state index in [2.05, 4.69) is 4.74 Å². The van der Waals surface area contributed by atoms with Gasteiger partial charge in [-0.15, -0.1) is 0 Å². The second-order valence-corrected chi connectivity index (χ2v) is 4.67. The lowest BCUT2D eigenvalue weighted by Gasteiger charge is -2.36. The summed E-state index contributed by atoms with van der Waals surface area (Å²) in [7, 11) is 1.08. The quantitative estimate of drug-likeness (QED) is 0.496. The smallest absolute Gasteiger partial charge is 0.344 e. The number of nitro benzene ring substituents is 1. The summed E-state index contributed by atoms with van der Waals surface area (Å²) in [6, 6.07) is 1.27. The number of hydrogen-bond donors (Lipinski definition) is 1. The number of rotatable bonds is 4. The zero-order valence-corrected chi connectivity index (χ0v) is 11.8. The van der Waals surface area contributed by atoms with Gasteiger partial charge in [0.2, 0.25) is 0 Å². The zero-order valence-electron chi connectivity index (χ0n) is 11.8. The number of morpholine rings is 1. The molecule has 1 aliphatic heterocycles. The van der Waals surface area contributed by atoms with E-state index in [1.807, 2.05) is 0 Å². The zero-order chi connectivity index (χ0) is 16.3. The van der Waals surface area contributed by atoms with Crippen molar-refractivity contribution in [1.29, 1.82) is 0 Å². The van der Waals surface area contributed by atoms with Crippen LogP contribution in [0, 0.1) is 15.9 Å². The largest absolute Gasteiger partial charge is 0.465 e. The Morgan fingerprint density at radius 1 is 1.64 bits per heavy atom. The average molecular weight is 314 g/mol. The van der Waals surface area contributed by atoms with Crippen LogP contribution in [0.4, 0.5) is 15.8 Å². The van der Waals surface area contributed by atoms with Crippen LogP contribution in [0.5, 0.6) is 0 Å². The van der Waals surface area contributed by atoms with Crippen LogP contribution in [0.3, 0.4) is 0 Å². The van der Waals surface area contributed by atoms with Crippen LogP contribution in [0.15, 0.2) is 12.1 Å². The fourth-order valence-corrected chi connectivity index (χ4v) is 2.32. The number of nitrogens with zero attached hydrogens (tertiary/aromatic N) is 2. The predicted molar refractivity (Wildman–Crippen MR) is 73.4 cm³/mol. The first-order chi connectivity index (χ1) is 10.5. The van der Waals surface area contributed by atoms with Gasteiger partial charge in [-0.1, -0.05) is 0 Å². The van der Waals surface area contributed by atoms with E-state index in [1.165, 1.54) is 4.90 Å².